The van der Waals surface area contributed by atoms with Gasteiger partial charge in [-0.2, -0.15) is 5.10 Å². The first kappa shape index (κ1) is 29.2. The third kappa shape index (κ3) is 6.92. The Morgan fingerprint density at radius 1 is 1.00 bits per heavy atom. The SMILES string of the molecule is Cc1ccc(C)n1-c1ccc(OCc2ccc(C(=O)N/N=C/c3cc(Cl)cc(Br)c3OCc3ccccc3F)o2)cc1. The molecule has 5 rings (SSSR count). The van der Waals surface area contributed by atoms with E-state index in [1.54, 1.807) is 42.5 Å². The van der Waals surface area contributed by atoms with E-state index in [0.717, 1.165) is 17.1 Å². The van der Waals surface area contributed by atoms with E-state index in [2.05, 4.69) is 57.0 Å². The van der Waals surface area contributed by atoms with Gasteiger partial charge in [-0.05, 0) is 96.5 Å². The summed E-state index contributed by atoms with van der Waals surface area (Å²) < 4.78 is 34.1. The van der Waals surface area contributed by atoms with E-state index in [-0.39, 0.29) is 24.8 Å². The summed E-state index contributed by atoms with van der Waals surface area (Å²) >= 11 is 9.62. The van der Waals surface area contributed by atoms with E-state index < -0.39 is 5.91 Å². The number of nitrogens with one attached hydrogen (secondary N) is 1. The molecule has 3 aromatic carbocycles. The molecular weight excluding hydrogens is 625 g/mol. The van der Waals surface area contributed by atoms with Crippen molar-refractivity contribution in [3.05, 3.63) is 134 Å². The number of carbonyl (C=O) groups is 1. The van der Waals surface area contributed by atoms with Crippen LogP contribution in [0.2, 0.25) is 5.02 Å². The Hall–Kier alpha value is -4.34. The predicted molar refractivity (Wildman–Crippen MR) is 163 cm³/mol. The van der Waals surface area contributed by atoms with E-state index in [1.807, 2.05) is 24.3 Å². The van der Waals surface area contributed by atoms with Gasteiger partial charge >= 0.3 is 5.91 Å². The number of amides is 1. The molecule has 0 radical (unpaired) electrons. The number of furan rings is 1. The molecule has 1 N–H and O–H groups in total. The molecule has 42 heavy (non-hydrogen) atoms. The van der Waals surface area contributed by atoms with Crippen LogP contribution in [-0.4, -0.2) is 16.7 Å². The van der Waals surface area contributed by atoms with E-state index in [1.165, 1.54) is 12.3 Å². The number of halogens is 3. The Bertz CT molecular complexity index is 1730. The highest BCUT2D eigenvalue weighted by molar-refractivity contribution is 9.10. The van der Waals surface area contributed by atoms with Crippen LogP contribution in [0, 0.1) is 19.7 Å². The standard InChI is InChI=1S/C32H26BrClFN3O4/c1-20-7-8-21(2)38(20)25-9-11-26(12-10-25)40-19-27-13-14-30(42-27)32(39)37-36-17-23-15-24(34)16-28(33)31(23)41-18-22-5-3-4-6-29(22)35/h3-17H,18-19H2,1-2H3,(H,37,39)/b36-17+. The fourth-order valence-electron chi connectivity index (χ4n) is 4.31. The normalized spacial score (nSPS) is 11.2. The Balaban J connectivity index is 1.18. The van der Waals surface area contributed by atoms with Gasteiger partial charge in [0.25, 0.3) is 0 Å². The minimum atomic E-state index is -0.547. The number of hydrazone groups is 1. The molecule has 7 nitrogen and oxygen atoms in total. The fraction of sp³-hybridized carbons (Fsp3) is 0.125. The highest BCUT2D eigenvalue weighted by Gasteiger charge is 2.14. The number of hydrogen-bond donors (Lipinski definition) is 1. The lowest BCUT2D eigenvalue weighted by molar-refractivity contribution is 0.0923. The molecule has 0 aliphatic carbocycles. The fourth-order valence-corrected chi connectivity index (χ4v) is 5.26. The molecule has 0 atom stereocenters. The van der Waals surface area contributed by atoms with Crippen LogP contribution in [0.4, 0.5) is 4.39 Å². The first-order chi connectivity index (χ1) is 20.3. The van der Waals surface area contributed by atoms with Gasteiger partial charge in [-0.15, -0.1) is 0 Å². The van der Waals surface area contributed by atoms with E-state index >= 15 is 0 Å². The van der Waals surface area contributed by atoms with Crippen molar-refractivity contribution < 1.29 is 23.1 Å². The molecule has 0 aliphatic heterocycles. The number of nitrogens with zero attached hydrogens (tertiary/aromatic N) is 2. The van der Waals surface area contributed by atoms with Crippen LogP contribution in [0.3, 0.4) is 0 Å². The van der Waals surface area contributed by atoms with Crippen molar-refractivity contribution in [1.82, 2.24) is 9.99 Å². The number of rotatable bonds is 10. The van der Waals surface area contributed by atoms with Gasteiger partial charge in [0, 0.05) is 33.2 Å². The van der Waals surface area contributed by atoms with E-state index in [0.29, 0.717) is 37.9 Å². The molecule has 0 aliphatic rings. The summed E-state index contributed by atoms with van der Waals surface area (Å²) in [5.41, 5.74) is 6.66. The molecule has 2 heterocycles. The Morgan fingerprint density at radius 2 is 1.74 bits per heavy atom. The van der Waals surface area contributed by atoms with Crippen LogP contribution in [0.1, 0.15) is 38.8 Å². The lowest BCUT2D eigenvalue weighted by Crippen LogP contribution is -2.17. The van der Waals surface area contributed by atoms with Crippen LogP contribution in [0.25, 0.3) is 5.69 Å². The molecule has 0 fully saturated rings. The summed E-state index contributed by atoms with van der Waals surface area (Å²) in [6.45, 7) is 4.27. The van der Waals surface area contributed by atoms with Gasteiger partial charge in [-0.1, -0.05) is 29.8 Å². The molecule has 10 heteroatoms. The highest BCUT2D eigenvalue weighted by atomic mass is 79.9. The summed E-state index contributed by atoms with van der Waals surface area (Å²) in [4.78, 5) is 12.6. The molecule has 5 aromatic rings. The molecule has 214 valence electrons. The average molecular weight is 651 g/mol. The van der Waals surface area contributed by atoms with Gasteiger partial charge < -0.3 is 18.5 Å². The maximum Gasteiger partial charge on any atom is 0.307 e. The lowest BCUT2D eigenvalue weighted by Gasteiger charge is -2.12. The first-order valence-electron chi connectivity index (χ1n) is 12.9. The van der Waals surface area contributed by atoms with Crippen molar-refractivity contribution in [1.29, 1.82) is 0 Å². The second-order valence-electron chi connectivity index (χ2n) is 9.39. The zero-order valence-corrected chi connectivity index (χ0v) is 25.1. The summed E-state index contributed by atoms with van der Waals surface area (Å²) in [5, 5.41) is 4.45. The van der Waals surface area contributed by atoms with Crippen molar-refractivity contribution in [3.8, 4) is 17.2 Å². The van der Waals surface area contributed by atoms with Crippen LogP contribution < -0.4 is 14.9 Å². The Labute approximate surface area is 255 Å². The second-order valence-corrected chi connectivity index (χ2v) is 10.7. The second kappa shape index (κ2) is 13.1. The van der Waals surface area contributed by atoms with Crippen molar-refractivity contribution in [2.45, 2.75) is 27.1 Å². The molecule has 0 unspecified atom stereocenters. The maximum absolute atomic E-state index is 14.0. The molecular formula is C32H26BrClFN3O4. The van der Waals surface area contributed by atoms with Crippen molar-refractivity contribution in [2.75, 3.05) is 0 Å². The maximum atomic E-state index is 14.0. The first-order valence-corrected chi connectivity index (χ1v) is 14.1. The molecule has 0 saturated carbocycles. The summed E-state index contributed by atoms with van der Waals surface area (Å²) in [6.07, 6.45) is 1.39. The highest BCUT2D eigenvalue weighted by Crippen LogP contribution is 2.32. The van der Waals surface area contributed by atoms with E-state index in [4.69, 9.17) is 25.5 Å². The van der Waals surface area contributed by atoms with E-state index in [9.17, 15) is 9.18 Å². The summed E-state index contributed by atoms with van der Waals surface area (Å²) in [7, 11) is 0. The van der Waals surface area contributed by atoms with Crippen molar-refractivity contribution in [2.24, 2.45) is 5.10 Å². The third-order valence-electron chi connectivity index (χ3n) is 6.37. The largest absolute Gasteiger partial charge is 0.487 e. The van der Waals surface area contributed by atoms with Gasteiger partial charge in [0.15, 0.2) is 5.76 Å². The number of benzene rings is 3. The minimum Gasteiger partial charge on any atom is -0.487 e. The van der Waals surface area contributed by atoms with Gasteiger partial charge in [-0.25, -0.2) is 9.82 Å². The smallest absolute Gasteiger partial charge is 0.307 e. The lowest BCUT2D eigenvalue weighted by atomic mass is 10.2. The molecule has 2 aromatic heterocycles. The zero-order valence-electron chi connectivity index (χ0n) is 22.7. The zero-order chi connectivity index (χ0) is 29.6. The summed E-state index contributed by atoms with van der Waals surface area (Å²) in [5.74, 6) is 0.702. The number of aromatic nitrogens is 1. The number of ether oxygens (including phenoxy) is 2. The van der Waals surface area contributed by atoms with Crippen LogP contribution >= 0.6 is 27.5 Å². The van der Waals surface area contributed by atoms with Gasteiger partial charge in [0.05, 0.1) is 10.7 Å². The third-order valence-corrected chi connectivity index (χ3v) is 7.18. The number of aryl methyl sites for hydroxylation is 2. The molecule has 0 spiro atoms. The van der Waals surface area contributed by atoms with Crippen molar-refractivity contribution in [3.63, 3.8) is 0 Å². The predicted octanol–water partition coefficient (Wildman–Crippen LogP) is 8.16. The Kier molecular flexibility index (Phi) is 9.09. The molecule has 0 bridgehead atoms. The monoisotopic (exact) mass is 649 g/mol. The van der Waals surface area contributed by atoms with Gasteiger partial charge in [-0.3, -0.25) is 4.79 Å². The van der Waals surface area contributed by atoms with Crippen LogP contribution in [0.15, 0.2) is 98.9 Å². The topological polar surface area (TPSA) is 78.0 Å². The molecule has 0 saturated heterocycles. The molecule has 1 amide bonds. The van der Waals surface area contributed by atoms with Gasteiger partial charge in [0.1, 0.15) is 36.3 Å². The quantitative estimate of drug-likeness (QED) is 0.122. The van der Waals surface area contributed by atoms with Gasteiger partial charge in [0.2, 0.25) is 0 Å². The number of hydrogen-bond acceptors (Lipinski definition) is 5. The van der Waals surface area contributed by atoms with Crippen LogP contribution in [0.5, 0.6) is 11.5 Å². The Morgan fingerprint density at radius 3 is 2.48 bits per heavy atom. The minimum absolute atomic E-state index is 0.00599. The summed E-state index contributed by atoms with van der Waals surface area (Å²) in [6, 6.07) is 24.7. The van der Waals surface area contributed by atoms with Crippen LogP contribution in [-0.2, 0) is 13.2 Å². The van der Waals surface area contributed by atoms with Crippen molar-refractivity contribution >= 4 is 39.7 Å². The average Bonchev–Trinajstić information content (AvgIpc) is 3.58. The number of carbonyl (C=O) groups excluding carboxylic acids is 1.